The van der Waals surface area contributed by atoms with Crippen molar-refractivity contribution in [3.63, 3.8) is 0 Å². The molecule has 0 aromatic rings. The monoisotopic (exact) mass is 291 g/mol. The highest BCUT2D eigenvalue weighted by molar-refractivity contribution is 7.86. The molecule has 2 aliphatic rings. The number of piperidine rings is 1. The Labute approximate surface area is 116 Å². The number of nitrogens with zero attached hydrogens (tertiary/aromatic N) is 2. The van der Waals surface area contributed by atoms with Gasteiger partial charge in [-0.1, -0.05) is 0 Å². The highest BCUT2D eigenvalue weighted by atomic mass is 32.2. The molecule has 2 heterocycles. The van der Waals surface area contributed by atoms with Crippen LogP contribution in [0.2, 0.25) is 0 Å². The number of likely N-dealkylation sites (N-methyl/N-ethyl adjacent to an activating group) is 1. The molecule has 112 valence electrons. The van der Waals surface area contributed by atoms with Gasteiger partial charge in [0.25, 0.3) is 10.2 Å². The largest absolute Gasteiger partial charge is 0.380 e. The molecule has 2 unspecified atom stereocenters. The predicted molar refractivity (Wildman–Crippen MR) is 74.1 cm³/mol. The zero-order chi connectivity index (χ0) is 13.9. The highest BCUT2D eigenvalue weighted by Gasteiger charge is 2.36. The summed E-state index contributed by atoms with van der Waals surface area (Å²) >= 11 is 0. The smallest absolute Gasteiger partial charge is 0.282 e. The Kier molecular flexibility index (Phi) is 5.19. The van der Waals surface area contributed by atoms with Crippen LogP contribution in [0.4, 0.5) is 0 Å². The minimum absolute atomic E-state index is 0.00493. The second kappa shape index (κ2) is 6.49. The van der Waals surface area contributed by atoms with Gasteiger partial charge in [0.1, 0.15) is 0 Å². The SMILES string of the molecule is CNCC1CCCN(S(=O)(=O)N(C)C2CCOC2)C1. The van der Waals surface area contributed by atoms with Gasteiger partial charge in [0.05, 0.1) is 12.6 Å². The van der Waals surface area contributed by atoms with Gasteiger partial charge in [-0.2, -0.15) is 17.0 Å². The summed E-state index contributed by atoms with van der Waals surface area (Å²) in [7, 11) is 0.251. The molecule has 2 fully saturated rings. The summed E-state index contributed by atoms with van der Waals surface area (Å²) in [4.78, 5) is 0. The maximum absolute atomic E-state index is 12.6. The first-order valence-electron chi connectivity index (χ1n) is 7.01. The van der Waals surface area contributed by atoms with Gasteiger partial charge in [0.2, 0.25) is 0 Å². The maximum Gasteiger partial charge on any atom is 0.282 e. The van der Waals surface area contributed by atoms with Crippen LogP contribution in [0.3, 0.4) is 0 Å². The van der Waals surface area contributed by atoms with E-state index >= 15 is 0 Å². The zero-order valence-electron chi connectivity index (χ0n) is 11.8. The van der Waals surface area contributed by atoms with E-state index in [1.165, 1.54) is 4.31 Å². The quantitative estimate of drug-likeness (QED) is 0.767. The first-order valence-corrected chi connectivity index (χ1v) is 8.41. The van der Waals surface area contributed by atoms with Crippen molar-refractivity contribution in [2.75, 3.05) is 46.9 Å². The molecule has 1 N–H and O–H groups in total. The van der Waals surface area contributed by atoms with E-state index in [-0.39, 0.29) is 6.04 Å². The number of hydrogen-bond donors (Lipinski definition) is 1. The summed E-state index contributed by atoms with van der Waals surface area (Å²) in [6.07, 6.45) is 2.84. The van der Waals surface area contributed by atoms with Crippen LogP contribution in [0.15, 0.2) is 0 Å². The van der Waals surface area contributed by atoms with Crippen LogP contribution in [-0.2, 0) is 14.9 Å². The van der Waals surface area contributed by atoms with Crippen molar-refractivity contribution in [2.24, 2.45) is 5.92 Å². The van der Waals surface area contributed by atoms with E-state index in [0.29, 0.717) is 32.2 Å². The van der Waals surface area contributed by atoms with Crippen LogP contribution in [0.25, 0.3) is 0 Å². The number of ether oxygens (including phenoxy) is 1. The van der Waals surface area contributed by atoms with Crippen LogP contribution >= 0.6 is 0 Å². The van der Waals surface area contributed by atoms with Crippen molar-refractivity contribution in [1.29, 1.82) is 0 Å². The van der Waals surface area contributed by atoms with E-state index in [9.17, 15) is 8.42 Å². The van der Waals surface area contributed by atoms with Crippen LogP contribution in [0.5, 0.6) is 0 Å². The lowest BCUT2D eigenvalue weighted by atomic mass is 10.00. The molecule has 2 atom stereocenters. The lowest BCUT2D eigenvalue weighted by Gasteiger charge is -2.35. The molecule has 2 rings (SSSR count). The van der Waals surface area contributed by atoms with Gasteiger partial charge in [-0.15, -0.1) is 0 Å². The van der Waals surface area contributed by atoms with Crippen LogP contribution in [0.1, 0.15) is 19.3 Å². The van der Waals surface area contributed by atoms with Gasteiger partial charge in [-0.25, -0.2) is 0 Å². The zero-order valence-corrected chi connectivity index (χ0v) is 12.7. The van der Waals surface area contributed by atoms with Crippen molar-refractivity contribution in [1.82, 2.24) is 13.9 Å². The second-order valence-corrected chi connectivity index (χ2v) is 7.45. The van der Waals surface area contributed by atoms with Gasteiger partial charge in [0.15, 0.2) is 0 Å². The van der Waals surface area contributed by atoms with Crippen LogP contribution in [-0.4, -0.2) is 70.0 Å². The molecule has 0 bridgehead atoms. The third-order valence-corrected chi connectivity index (χ3v) is 6.09. The topological polar surface area (TPSA) is 61.9 Å². The Bertz CT molecular complexity index is 380. The fourth-order valence-electron chi connectivity index (χ4n) is 2.87. The first kappa shape index (κ1) is 15.2. The number of nitrogens with one attached hydrogen (secondary N) is 1. The van der Waals surface area contributed by atoms with Gasteiger partial charge in [0, 0.05) is 26.7 Å². The van der Waals surface area contributed by atoms with E-state index in [1.54, 1.807) is 11.4 Å². The van der Waals surface area contributed by atoms with Crippen molar-refractivity contribution >= 4 is 10.2 Å². The molecule has 0 amide bonds. The minimum atomic E-state index is -3.34. The Morgan fingerprint density at radius 1 is 1.42 bits per heavy atom. The molecule has 0 saturated carbocycles. The normalized spacial score (nSPS) is 30.1. The molecule has 2 aliphatic heterocycles. The first-order chi connectivity index (χ1) is 9.05. The summed E-state index contributed by atoms with van der Waals surface area (Å²) in [6, 6.07) is -0.00493. The van der Waals surface area contributed by atoms with Crippen molar-refractivity contribution in [3.8, 4) is 0 Å². The molecule has 19 heavy (non-hydrogen) atoms. The lowest BCUT2D eigenvalue weighted by Crippen LogP contribution is -2.50. The van der Waals surface area contributed by atoms with Gasteiger partial charge >= 0.3 is 0 Å². The Morgan fingerprint density at radius 3 is 2.84 bits per heavy atom. The fraction of sp³-hybridized carbons (Fsp3) is 1.00. The van der Waals surface area contributed by atoms with Crippen LogP contribution < -0.4 is 5.32 Å². The van der Waals surface area contributed by atoms with Crippen LogP contribution in [0, 0.1) is 5.92 Å². The van der Waals surface area contributed by atoms with E-state index in [4.69, 9.17) is 4.74 Å². The molecule has 0 spiro atoms. The molecule has 0 aliphatic carbocycles. The summed E-state index contributed by atoms with van der Waals surface area (Å²) in [5, 5.41) is 3.14. The Balaban J connectivity index is 2.01. The summed E-state index contributed by atoms with van der Waals surface area (Å²) in [5.74, 6) is 0.418. The Hall–Kier alpha value is -0.210. The predicted octanol–water partition coefficient (Wildman–Crippen LogP) is -0.117. The van der Waals surface area contributed by atoms with Crippen molar-refractivity contribution < 1.29 is 13.2 Å². The lowest BCUT2D eigenvalue weighted by molar-refractivity contribution is 0.176. The fourth-order valence-corrected chi connectivity index (χ4v) is 4.54. The third-order valence-electron chi connectivity index (χ3n) is 4.08. The average Bonchev–Trinajstić information content (AvgIpc) is 2.92. The van der Waals surface area contributed by atoms with Gasteiger partial charge in [-0.05, 0) is 38.8 Å². The van der Waals surface area contributed by atoms with Crippen molar-refractivity contribution in [3.05, 3.63) is 0 Å². The van der Waals surface area contributed by atoms with E-state index < -0.39 is 10.2 Å². The molecular formula is C12H25N3O3S. The minimum Gasteiger partial charge on any atom is -0.380 e. The van der Waals surface area contributed by atoms with Crippen molar-refractivity contribution in [2.45, 2.75) is 25.3 Å². The number of rotatable bonds is 5. The summed E-state index contributed by atoms with van der Waals surface area (Å²) < 4.78 is 33.6. The molecule has 7 heteroatoms. The van der Waals surface area contributed by atoms with E-state index in [1.807, 2.05) is 7.05 Å². The molecule has 0 aromatic heterocycles. The Morgan fingerprint density at radius 2 is 2.21 bits per heavy atom. The van der Waals surface area contributed by atoms with Gasteiger partial charge < -0.3 is 10.1 Å². The summed E-state index contributed by atoms with van der Waals surface area (Å²) in [5.41, 5.74) is 0. The maximum atomic E-state index is 12.6. The number of hydrogen-bond acceptors (Lipinski definition) is 4. The molecular weight excluding hydrogens is 266 g/mol. The molecule has 6 nitrogen and oxygen atoms in total. The van der Waals surface area contributed by atoms with E-state index in [2.05, 4.69) is 5.32 Å². The summed E-state index contributed by atoms with van der Waals surface area (Å²) in [6.45, 7) is 3.32. The third kappa shape index (κ3) is 3.46. The van der Waals surface area contributed by atoms with Gasteiger partial charge in [-0.3, -0.25) is 0 Å². The second-order valence-electron chi connectivity index (χ2n) is 5.47. The highest BCUT2D eigenvalue weighted by Crippen LogP contribution is 2.23. The molecule has 2 saturated heterocycles. The average molecular weight is 291 g/mol. The van der Waals surface area contributed by atoms with E-state index in [0.717, 1.165) is 25.8 Å². The standard InChI is InChI=1S/C12H25N3O3S/c1-13-8-11-4-3-6-15(9-11)19(16,17)14(2)12-5-7-18-10-12/h11-13H,3-10H2,1-2H3. The molecule has 0 aromatic carbocycles. The molecule has 0 radical (unpaired) electrons.